The maximum atomic E-state index is 12.7. The Morgan fingerprint density at radius 1 is 1.10 bits per heavy atom. The number of ether oxygens (including phenoxy) is 5. The van der Waals surface area contributed by atoms with E-state index in [4.69, 9.17) is 23.7 Å². The van der Waals surface area contributed by atoms with Gasteiger partial charge in [0.25, 0.3) is 0 Å². The van der Waals surface area contributed by atoms with Crippen molar-refractivity contribution in [3.05, 3.63) is 84.4 Å². The van der Waals surface area contributed by atoms with Gasteiger partial charge in [-0.25, -0.2) is 4.79 Å². The molecule has 2 heterocycles. The second kappa shape index (κ2) is 9.51. The fourth-order valence-corrected chi connectivity index (χ4v) is 3.54. The molecule has 2 fully saturated rings. The number of fused-ring (bicyclic) bond motifs is 1. The molecule has 0 saturated carbocycles. The van der Waals surface area contributed by atoms with Gasteiger partial charge in [-0.1, -0.05) is 54.6 Å². The van der Waals surface area contributed by atoms with E-state index < -0.39 is 43.0 Å². The van der Waals surface area contributed by atoms with Crippen LogP contribution >= 0.6 is 0 Å². The van der Waals surface area contributed by atoms with Crippen LogP contribution in [0.25, 0.3) is 0 Å². The van der Waals surface area contributed by atoms with Crippen LogP contribution in [0.1, 0.15) is 22.2 Å². The number of carbonyl (C=O) groups excluding carboxylic acids is 1. The van der Waals surface area contributed by atoms with Gasteiger partial charge in [0.05, 0.1) is 18.8 Å². The molecular formula is C23H24O7. The number of carbonyl (C=O) groups is 1. The van der Waals surface area contributed by atoms with Crippen LogP contribution in [0.2, 0.25) is 0 Å². The molecule has 30 heavy (non-hydrogen) atoms. The number of hydrogen-bond donors (Lipinski definition) is 1. The van der Waals surface area contributed by atoms with Gasteiger partial charge in [-0.05, 0) is 12.1 Å². The largest absolute Gasteiger partial charge is 0.453 e. The number of aliphatic hydroxyl groups is 1. The summed E-state index contributed by atoms with van der Waals surface area (Å²) in [6, 6.07) is 18.0. The van der Waals surface area contributed by atoms with E-state index >= 15 is 0 Å². The van der Waals surface area contributed by atoms with E-state index in [-0.39, 0.29) is 13.2 Å². The third-order valence-corrected chi connectivity index (χ3v) is 5.01. The van der Waals surface area contributed by atoms with Gasteiger partial charge in [-0.2, -0.15) is 0 Å². The van der Waals surface area contributed by atoms with Gasteiger partial charge in [0.1, 0.15) is 18.3 Å². The quantitative estimate of drug-likeness (QED) is 0.577. The fourth-order valence-electron chi connectivity index (χ4n) is 3.54. The van der Waals surface area contributed by atoms with Crippen LogP contribution in [0, 0.1) is 0 Å². The van der Waals surface area contributed by atoms with Gasteiger partial charge in [0.2, 0.25) is 0 Å². The molecule has 7 heteroatoms. The van der Waals surface area contributed by atoms with Crippen molar-refractivity contribution in [2.45, 2.75) is 37.0 Å². The lowest BCUT2D eigenvalue weighted by Gasteiger charge is -2.47. The SMILES string of the molecule is C=CCO[C@@H]1O[C@@H]2COC(c3ccccc3)O[C@H]2[C@H](OC(=O)c2ccccc2)[C@H]1O. The van der Waals surface area contributed by atoms with E-state index in [9.17, 15) is 9.90 Å². The second-order valence-corrected chi connectivity index (χ2v) is 7.07. The lowest BCUT2D eigenvalue weighted by Crippen LogP contribution is -2.63. The van der Waals surface area contributed by atoms with E-state index in [0.717, 1.165) is 5.56 Å². The predicted octanol–water partition coefficient (Wildman–Crippen LogP) is 2.61. The van der Waals surface area contributed by atoms with Gasteiger partial charge < -0.3 is 28.8 Å². The maximum Gasteiger partial charge on any atom is 0.338 e. The Morgan fingerprint density at radius 3 is 2.50 bits per heavy atom. The Morgan fingerprint density at radius 2 is 1.80 bits per heavy atom. The Labute approximate surface area is 174 Å². The molecule has 7 nitrogen and oxygen atoms in total. The molecular weight excluding hydrogens is 388 g/mol. The van der Waals surface area contributed by atoms with Gasteiger partial charge in [0, 0.05) is 5.56 Å². The summed E-state index contributed by atoms with van der Waals surface area (Å²) in [6.07, 6.45) is -3.65. The van der Waals surface area contributed by atoms with Gasteiger partial charge in [0.15, 0.2) is 18.7 Å². The number of rotatable bonds is 6. The lowest BCUT2D eigenvalue weighted by atomic mass is 9.97. The summed E-state index contributed by atoms with van der Waals surface area (Å²) in [5, 5.41) is 10.9. The smallest absolute Gasteiger partial charge is 0.338 e. The molecule has 2 aliphatic rings. The molecule has 6 atom stereocenters. The standard InChI is InChI=1S/C23H24O7/c1-2-13-26-23-18(24)20(29-21(25)15-9-5-3-6-10-15)19-17(28-23)14-27-22(30-19)16-11-7-4-8-12-16/h2-12,17-20,22-24H,1,13-14H2/t17-,18-,19-,20-,22?,23-/m1/s1. The molecule has 2 aliphatic heterocycles. The summed E-state index contributed by atoms with van der Waals surface area (Å²) in [5.74, 6) is -0.561. The molecule has 158 valence electrons. The highest BCUT2D eigenvalue weighted by atomic mass is 16.8. The van der Waals surface area contributed by atoms with Gasteiger partial charge in [-0.15, -0.1) is 6.58 Å². The predicted molar refractivity (Wildman–Crippen MR) is 106 cm³/mol. The van der Waals surface area contributed by atoms with Crippen LogP contribution in [0.3, 0.4) is 0 Å². The van der Waals surface area contributed by atoms with Crippen molar-refractivity contribution in [1.29, 1.82) is 0 Å². The van der Waals surface area contributed by atoms with E-state index in [1.165, 1.54) is 0 Å². The molecule has 2 aromatic carbocycles. The highest BCUT2D eigenvalue weighted by Gasteiger charge is 2.52. The van der Waals surface area contributed by atoms with Crippen LogP contribution in [0.15, 0.2) is 73.3 Å². The first kappa shape index (κ1) is 20.7. The number of esters is 1. The van der Waals surface area contributed by atoms with Crippen molar-refractivity contribution in [3.8, 4) is 0 Å². The zero-order valence-electron chi connectivity index (χ0n) is 16.3. The Kier molecular flexibility index (Phi) is 6.56. The normalized spacial score (nSPS) is 30.8. The molecule has 0 aliphatic carbocycles. The topological polar surface area (TPSA) is 83.5 Å². The van der Waals surface area contributed by atoms with Crippen LogP contribution in [-0.2, 0) is 23.7 Å². The first-order chi connectivity index (χ1) is 14.7. The van der Waals surface area contributed by atoms with E-state index in [0.29, 0.717) is 5.56 Å². The van der Waals surface area contributed by atoms with Crippen molar-refractivity contribution in [3.63, 3.8) is 0 Å². The van der Waals surface area contributed by atoms with E-state index in [2.05, 4.69) is 6.58 Å². The van der Waals surface area contributed by atoms with Crippen LogP contribution in [-0.4, -0.2) is 55.0 Å². The molecule has 0 amide bonds. The van der Waals surface area contributed by atoms with Crippen LogP contribution < -0.4 is 0 Å². The van der Waals surface area contributed by atoms with E-state index in [1.807, 2.05) is 30.3 Å². The highest BCUT2D eigenvalue weighted by molar-refractivity contribution is 5.89. The Balaban J connectivity index is 1.56. The minimum absolute atomic E-state index is 0.173. The average molecular weight is 412 g/mol. The van der Waals surface area contributed by atoms with Crippen molar-refractivity contribution >= 4 is 5.97 Å². The molecule has 0 spiro atoms. The summed E-state index contributed by atoms with van der Waals surface area (Å²) in [4.78, 5) is 12.7. The molecule has 0 bridgehead atoms. The lowest BCUT2D eigenvalue weighted by molar-refractivity contribution is -0.359. The van der Waals surface area contributed by atoms with Crippen molar-refractivity contribution < 1.29 is 33.6 Å². The molecule has 2 saturated heterocycles. The minimum atomic E-state index is -1.24. The fraction of sp³-hybridized carbons (Fsp3) is 0.348. The number of benzene rings is 2. The van der Waals surface area contributed by atoms with Crippen LogP contribution in [0.4, 0.5) is 0 Å². The zero-order valence-corrected chi connectivity index (χ0v) is 16.3. The first-order valence-corrected chi connectivity index (χ1v) is 9.81. The summed E-state index contributed by atoms with van der Waals surface area (Å²) in [7, 11) is 0. The Bertz CT molecular complexity index is 841. The third kappa shape index (κ3) is 4.45. The minimum Gasteiger partial charge on any atom is -0.453 e. The van der Waals surface area contributed by atoms with Crippen molar-refractivity contribution in [2.24, 2.45) is 0 Å². The van der Waals surface area contributed by atoms with E-state index in [1.54, 1.807) is 36.4 Å². The monoisotopic (exact) mass is 412 g/mol. The summed E-state index contributed by atoms with van der Waals surface area (Å²) in [6.45, 7) is 3.98. The molecule has 0 aromatic heterocycles. The van der Waals surface area contributed by atoms with Gasteiger partial charge >= 0.3 is 5.97 Å². The third-order valence-electron chi connectivity index (χ3n) is 5.01. The molecule has 1 N–H and O–H groups in total. The Hall–Kier alpha value is -2.55. The first-order valence-electron chi connectivity index (χ1n) is 9.81. The van der Waals surface area contributed by atoms with Crippen LogP contribution in [0.5, 0.6) is 0 Å². The number of hydrogen-bond acceptors (Lipinski definition) is 7. The maximum absolute atomic E-state index is 12.7. The summed E-state index contributed by atoms with van der Waals surface area (Å²) >= 11 is 0. The molecule has 1 unspecified atom stereocenters. The average Bonchev–Trinajstić information content (AvgIpc) is 2.80. The highest BCUT2D eigenvalue weighted by Crippen LogP contribution is 2.35. The van der Waals surface area contributed by atoms with Gasteiger partial charge in [-0.3, -0.25) is 0 Å². The summed E-state index contributed by atoms with van der Waals surface area (Å²) in [5.41, 5.74) is 1.20. The second-order valence-electron chi connectivity index (χ2n) is 7.07. The zero-order chi connectivity index (χ0) is 20.9. The summed E-state index contributed by atoms with van der Waals surface area (Å²) < 4.78 is 29.0. The molecule has 4 rings (SSSR count). The van der Waals surface area contributed by atoms with Crippen molar-refractivity contribution in [2.75, 3.05) is 13.2 Å². The number of aliphatic hydroxyl groups excluding tert-OH is 1. The molecule has 0 radical (unpaired) electrons. The van der Waals surface area contributed by atoms with Crippen molar-refractivity contribution in [1.82, 2.24) is 0 Å². The molecule has 2 aromatic rings.